The summed E-state index contributed by atoms with van der Waals surface area (Å²) in [5.41, 5.74) is 3.00. The molecule has 0 bridgehead atoms. The van der Waals surface area contributed by atoms with Crippen LogP contribution in [0.25, 0.3) is 0 Å². The maximum Gasteiger partial charge on any atom is 0.226 e. The van der Waals surface area contributed by atoms with Gasteiger partial charge in [0, 0.05) is 17.6 Å². The molecule has 0 aliphatic carbocycles. The Labute approximate surface area is 145 Å². The fraction of sp³-hybridized carbons (Fsp3) is 0.158. The topological polar surface area (TPSA) is 54.0 Å². The van der Waals surface area contributed by atoms with Crippen molar-refractivity contribution in [3.8, 4) is 0 Å². The SMILES string of the molecule is O=C(Cc1csc(Nc2ccccc2)n1)NCCc1ccccc1. The number of para-hydroxylation sites is 1. The number of carbonyl (C=O) groups is 1. The van der Waals surface area contributed by atoms with Gasteiger partial charge in [0.1, 0.15) is 0 Å². The van der Waals surface area contributed by atoms with Crippen molar-refractivity contribution < 1.29 is 4.79 Å². The molecule has 0 aliphatic heterocycles. The Balaban J connectivity index is 1.45. The third-order valence-electron chi connectivity index (χ3n) is 3.50. The van der Waals surface area contributed by atoms with Crippen LogP contribution in [-0.4, -0.2) is 17.4 Å². The number of aromatic nitrogens is 1. The van der Waals surface area contributed by atoms with Gasteiger partial charge >= 0.3 is 0 Å². The predicted octanol–water partition coefficient (Wildman–Crippen LogP) is 3.79. The van der Waals surface area contributed by atoms with Crippen molar-refractivity contribution in [3.63, 3.8) is 0 Å². The molecule has 0 radical (unpaired) electrons. The fourth-order valence-electron chi connectivity index (χ4n) is 2.31. The van der Waals surface area contributed by atoms with Crippen molar-refractivity contribution >= 4 is 28.1 Å². The lowest BCUT2D eigenvalue weighted by Gasteiger charge is -2.04. The number of carbonyl (C=O) groups excluding carboxylic acids is 1. The summed E-state index contributed by atoms with van der Waals surface area (Å²) in [6, 6.07) is 20.0. The molecular formula is C19H19N3OS. The number of hydrogen-bond donors (Lipinski definition) is 2. The van der Waals surface area contributed by atoms with Crippen LogP contribution in [0.1, 0.15) is 11.3 Å². The van der Waals surface area contributed by atoms with E-state index in [0.717, 1.165) is 22.9 Å². The number of nitrogens with zero attached hydrogens (tertiary/aromatic N) is 1. The Hall–Kier alpha value is -2.66. The van der Waals surface area contributed by atoms with Crippen LogP contribution in [0.4, 0.5) is 10.8 Å². The molecule has 122 valence electrons. The van der Waals surface area contributed by atoms with E-state index in [9.17, 15) is 4.79 Å². The molecule has 1 amide bonds. The van der Waals surface area contributed by atoms with E-state index >= 15 is 0 Å². The van der Waals surface area contributed by atoms with Crippen LogP contribution in [0.3, 0.4) is 0 Å². The Morgan fingerprint density at radius 1 is 1.00 bits per heavy atom. The molecule has 0 fully saturated rings. The lowest BCUT2D eigenvalue weighted by molar-refractivity contribution is -0.120. The zero-order chi connectivity index (χ0) is 16.6. The first kappa shape index (κ1) is 16.2. The van der Waals surface area contributed by atoms with Gasteiger partial charge in [0.2, 0.25) is 5.91 Å². The molecule has 1 aromatic heterocycles. The fourth-order valence-corrected chi connectivity index (χ4v) is 3.04. The van der Waals surface area contributed by atoms with E-state index in [-0.39, 0.29) is 5.91 Å². The standard InChI is InChI=1S/C19H19N3OS/c23-18(20-12-11-15-7-3-1-4-8-15)13-17-14-24-19(22-17)21-16-9-5-2-6-10-16/h1-10,14H,11-13H2,(H,20,23)(H,21,22). The number of thiazole rings is 1. The van der Waals surface area contributed by atoms with E-state index in [4.69, 9.17) is 0 Å². The van der Waals surface area contributed by atoms with Gasteiger partial charge in [-0.2, -0.15) is 0 Å². The highest BCUT2D eigenvalue weighted by Crippen LogP contribution is 2.20. The molecular weight excluding hydrogens is 318 g/mol. The van der Waals surface area contributed by atoms with Gasteiger partial charge in [0.05, 0.1) is 12.1 Å². The molecule has 0 unspecified atom stereocenters. The minimum atomic E-state index is 0.00231. The molecule has 0 saturated carbocycles. The smallest absolute Gasteiger partial charge is 0.226 e. The number of nitrogens with one attached hydrogen (secondary N) is 2. The van der Waals surface area contributed by atoms with Crippen LogP contribution in [0.2, 0.25) is 0 Å². The minimum Gasteiger partial charge on any atom is -0.355 e. The summed E-state index contributed by atoms with van der Waals surface area (Å²) < 4.78 is 0. The van der Waals surface area contributed by atoms with Gasteiger partial charge in [0.15, 0.2) is 5.13 Å². The molecule has 0 aliphatic rings. The van der Waals surface area contributed by atoms with Gasteiger partial charge in [-0.25, -0.2) is 4.98 Å². The summed E-state index contributed by atoms with van der Waals surface area (Å²) in [5, 5.41) is 8.90. The molecule has 4 nitrogen and oxygen atoms in total. The summed E-state index contributed by atoms with van der Waals surface area (Å²) >= 11 is 1.50. The average molecular weight is 337 g/mol. The number of anilines is 2. The van der Waals surface area contributed by atoms with Crippen molar-refractivity contribution in [1.82, 2.24) is 10.3 Å². The maximum absolute atomic E-state index is 12.0. The van der Waals surface area contributed by atoms with Crippen molar-refractivity contribution in [2.75, 3.05) is 11.9 Å². The molecule has 3 rings (SSSR count). The first-order valence-corrected chi connectivity index (χ1v) is 8.75. The number of hydrogen-bond acceptors (Lipinski definition) is 4. The summed E-state index contributed by atoms with van der Waals surface area (Å²) in [4.78, 5) is 16.5. The molecule has 0 atom stereocenters. The van der Waals surface area contributed by atoms with Crippen molar-refractivity contribution in [2.24, 2.45) is 0 Å². The molecule has 1 heterocycles. The number of rotatable bonds is 7. The van der Waals surface area contributed by atoms with Gasteiger partial charge in [-0.3, -0.25) is 4.79 Å². The second kappa shape index (κ2) is 8.26. The van der Waals surface area contributed by atoms with Gasteiger partial charge in [-0.1, -0.05) is 48.5 Å². The Morgan fingerprint density at radius 3 is 2.46 bits per heavy atom. The molecule has 2 aromatic carbocycles. The van der Waals surface area contributed by atoms with Gasteiger partial charge in [-0.15, -0.1) is 11.3 Å². The van der Waals surface area contributed by atoms with E-state index in [2.05, 4.69) is 27.8 Å². The quantitative estimate of drug-likeness (QED) is 0.690. The monoisotopic (exact) mass is 337 g/mol. The summed E-state index contributed by atoms with van der Waals surface area (Å²) in [7, 11) is 0. The van der Waals surface area contributed by atoms with Crippen molar-refractivity contribution in [2.45, 2.75) is 12.8 Å². The first-order valence-electron chi connectivity index (χ1n) is 7.87. The van der Waals surface area contributed by atoms with Crippen LogP contribution in [-0.2, 0) is 17.6 Å². The van der Waals surface area contributed by atoms with Crippen LogP contribution in [0, 0.1) is 0 Å². The van der Waals surface area contributed by atoms with Gasteiger partial charge in [0.25, 0.3) is 0 Å². The molecule has 0 saturated heterocycles. The Morgan fingerprint density at radius 2 is 1.71 bits per heavy atom. The molecule has 2 N–H and O–H groups in total. The largest absolute Gasteiger partial charge is 0.355 e. The maximum atomic E-state index is 12.0. The number of benzene rings is 2. The third kappa shape index (κ3) is 4.93. The van der Waals surface area contributed by atoms with E-state index in [1.807, 2.05) is 53.9 Å². The molecule has 3 aromatic rings. The highest BCUT2D eigenvalue weighted by Gasteiger charge is 2.07. The first-order chi connectivity index (χ1) is 11.8. The number of amides is 1. The molecule has 24 heavy (non-hydrogen) atoms. The zero-order valence-corrected chi connectivity index (χ0v) is 14.1. The van der Waals surface area contributed by atoms with E-state index in [0.29, 0.717) is 13.0 Å². The summed E-state index contributed by atoms with van der Waals surface area (Å²) in [5.74, 6) is 0.00231. The van der Waals surface area contributed by atoms with Gasteiger partial charge in [-0.05, 0) is 24.1 Å². The normalized spacial score (nSPS) is 10.3. The lowest BCUT2D eigenvalue weighted by atomic mass is 10.1. The van der Waals surface area contributed by atoms with Crippen molar-refractivity contribution in [1.29, 1.82) is 0 Å². The second-order valence-electron chi connectivity index (χ2n) is 5.40. The second-order valence-corrected chi connectivity index (χ2v) is 6.26. The van der Waals surface area contributed by atoms with Crippen LogP contribution in [0.15, 0.2) is 66.0 Å². The predicted molar refractivity (Wildman–Crippen MR) is 98.7 cm³/mol. The van der Waals surface area contributed by atoms with E-state index in [1.165, 1.54) is 16.9 Å². The zero-order valence-electron chi connectivity index (χ0n) is 13.2. The lowest BCUT2D eigenvalue weighted by Crippen LogP contribution is -2.27. The van der Waals surface area contributed by atoms with Crippen LogP contribution < -0.4 is 10.6 Å². The van der Waals surface area contributed by atoms with Gasteiger partial charge < -0.3 is 10.6 Å². The van der Waals surface area contributed by atoms with Crippen molar-refractivity contribution in [3.05, 3.63) is 77.3 Å². The van der Waals surface area contributed by atoms with Crippen LogP contribution in [0.5, 0.6) is 0 Å². The summed E-state index contributed by atoms with van der Waals surface area (Å²) in [6.07, 6.45) is 1.15. The van der Waals surface area contributed by atoms with Crippen LogP contribution >= 0.6 is 11.3 Å². The Bertz CT molecular complexity index is 772. The third-order valence-corrected chi connectivity index (χ3v) is 4.30. The van der Waals surface area contributed by atoms with E-state index in [1.54, 1.807) is 0 Å². The minimum absolute atomic E-state index is 0.00231. The highest BCUT2D eigenvalue weighted by atomic mass is 32.1. The average Bonchev–Trinajstić information content (AvgIpc) is 3.03. The molecule has 5 heteroatoms. The summed E-state index contributed by atoms with van der Waals surface area (Å²) in [6.45, 7) is 0.641. The molecule has 0 spiro atoms. The Kier molecular flexibility index (Phi) is 5.58. The van der Waals surface area contributed by atoms with E-state index < -0.39 is 0 Å². The highest BCUT2D eigenvalue weighted by molar-refractivity contribution is 7.13.